The quantitative estimate of drug-likeness (QED) is 0.304. The summed E-state index contributed by atoms with van der Waals surface area (Å²) in [4.78, 5) is 28.0. The Morgan fingerprint density at radius 2 is 1.94 bits per heavy atom. The van der Waals surface area contributed by atoms with Gasteiger partial charge in [0, 0.05) is 0 Å². The number of hydrogen-bond acceptors (Lipinski definition) is 9. The minimum atomic E-state index is -0.961. The van der Waals surface area contributed by atoms with E-state index in [9.17, 15) is 14.7 Å². The molecule has 0 spiro atoms. The van der Waals surface area contributed by atoms with E-state index in [0.29, 0.717) is 41.0 Å². The summed E-state index contributed by atoms with van der Waals surface area (Å²) in [5.41, 5.74) is 0.451. The van der Waals surface area contributed by atoms with E-state index in [0.717, 1.165) is 12.8 Å². The van der Waals surface area contributed by atoms with E-state index in [1.807, 2.05) is 6.92 Å². The van der Waals surface area contributed by atoms with Gasteiger partial charge in [-0.25, -0.2) is 0 Å². The van der Waals surface area contributed by atoms with E-state index in [-0.39, 0.29) is 16.5 Å². The SMILES string of the molecule is CCCCOc1ccc(C2C(C(=O)c3ccc(C)o3)=C(O)C(=O)N2c2nnc(C)s2)cc1OCC. The van der Waals surface area contributed by atoms with Crippen molar-refractivity contribution in [2.75, 3.05) is 18.1 Å². The van der Waals surface area contributed by atoms with Gasteiger partial charge in [-0.2, -0.15) is 0 Å². The minimum Gasteiger partial charge on any atom is -0.503 e. The number of rotatable bonds is 10. The highest BCUT2D eigenvalue weighted by Gasteiger charge is 2.47. The van der Waals surface area contributed by atoms with Crippen LogP contribution in [0.3, 0.4) is 0 Å². The Kier molecular flexibility index (Phi) is 7.20. The van der Waals surface area contributed by atoms with Crippen LogP contribution in [0.15, 0.2) is 46.1 Å². The number of amides is 1. The van der Waals surface area contributed by atoms with Gasteiger partial charge in [0.05, 0.1) is 24.8 Å². The lowest BCUT2D eigenvalue weighted by atomic mass is 9.95. The molecule has 10 heteroatoms. The number of anilines is 1. The third-order valence-electron chi connectivity index (χ3n) is 5.48. The molecule has 1 aliphatic rings. The lowest BCUT2D eigenvalue weighted by Gasteiger charge is -2.25. The van der Waals surface area contributed by atoms with Gasteiger partial charge in [0.2, 0.25) is 10.9 Å². The maximum atomic E-state index is 13.5. The summed E-state index contributed by atoms with van der Waals surface area (Å²) in [5, 5.41) is 19.9. The molecule has 3 aromatic rings. The maximum Gasteiger partial charge on any atom is 0.296 e. The standard InChI is InChI=1S/C25H27N3O6S/c1-5-7-12-33-17-11-9-16(13-19(17)32-6-2)21-20(22(29)18-10-8-14(3)34-18)23(30)24(31)28(21)25-27-26-15(4)35-25/h8-11,13,21,30H,5-7,12H2,1-4H3. The van der Waals surface area contributed by atoms with Gasteiger partial charge in [-0.05, 0) is 57.0 Å². The second kappa shape index (κ2) is 10.3. The molecule has 0 fully saturated rings. The van der Waals surface area contributed by atoms with Gasteiger partial charge in [0.1, 0.15) is 10.8 Å². The molecule has 1 unspecified atom stereocenters. The first-order valence-corrected chi connectivity index (χ1v) is 12.2. The third-order valence-corrected chi connectivity index (χ3v) is 6.32. The number of Topliss-reactive ketones (excluding diaryl/α,β-unsaturated/α-hetero) is 1. The Morgan fingerprint density at radius 3 is 2.57 bits per heavy atom. The molecule has 1 N–H and O–H groups in total. The number of aromatic nitrogens is 2. The first-order valence-electron chi connectivity index (χ1n) is 11.4. The fraction of sp³-hybridized carbons (Fsp3) is 0.360. The van der Waals surface area contributed by atoms with Crippen LogP contribution >= 0.6 is 11.3 Å². The highest BCUT2D eigenvalue weighted by molar-refractivity contribution is 7.15. The number of furan rings is 1. The zero-order chi connectivity index (χ0) is 25.1. The van der Waals surface area contributed by atoms with E-state index >= 15 is 0 Å². The van der Waals surface area contributed by atoms with Crippen molar-refractivity contribution in [3.8, 4) is 11.5 Å². The van der Waals surface area contributed by atoms with Crippen molar-refractivity contribution in [2.24, 2.45) is 0 Å². The highest BCUT2D eigenvalue weighted by atomic mass is 32.1. The number of hydrogen-bond donors (Lipinski definition) is 1. The van der Waals surface area contributed by atoms with Crippen LogP contribution in [0.1, 0.15) is 59.6 Å². The normalized spacial score (nSPS) is 15.7. The first kappa shape index (κ1) is 24.5. The fourth-order valence-electron chi connectivity index (χ4n) is 3.83. The van der Waals surface area contributed by atoms with Crippen molar-refractivity contribution in [3.05, 3.63) is 63.8 Å². The largest absolute Gasteiger partial charge is 0.503 e. The topological polar surface area (TPSA) is 115 Å². The Labute approximate surface area is 207 Å². The molecule has 1 aliphatic heterocycles. The monoisotopic (exact) mass is 497 g/mol. The highest BCUT2D eigenvalue weighted by Crippen LogP contribution is 2.44. The van der Waals surface area contributed by atoms with E-state index in [4.69, 9.17) is 13.9 Å². The molecular weight excluding hydrogens is 470 g/mol. The molecule has 184 valence electrons. The lowest BCUT2D eigenvalue weighted by molar-refractivity contribution is -0.117. The van der Waals surface area contributed by atoms with E-state index in [1.165, 1.54) is 22.3 Å². The number of ether oxygens (including phenoxy) is 2. The predicted octanol–water partition coefficient (Wildman–Crippen LogP) is 5.11. The molecule has 2 aromatic heterocycles. The van der Waals surface area contributed by atoms with Crippen molar-refractivity contribution in [2.45, 2.75) is 46.6 Å². The summed E-state index contributed by atoms with van der Waals surface area (Å²) in [6.07, 6.45) is 1.89. The molecule has 35 heavy (non-hydrogen) atoms. The number of aliphatic hydroxyl groups excluding tert-OH is 1. The van der Waals surface area contributed by atoms with Crippen molar-refractivity contribution < 1.29 is 28.6 Å². The molecule has 9 nitrogen and oxygen atoms in total. The van der Waals surface area contributed by atoms with E-state index in [2.05, 4.69) is 17.1 Å². The van der Waals surface area contributed by atoms with E-state index < -0.39 is 23.5 Å². The summed E-state index contributed by atoms with van der Waals surface area (Å²) >= 11 is 1.19. The summed E-state index contributed by atoms with van der Waals surface area (Å²) in [6.45, 7) is 8.35. The van der Waals surface area contributed by atoms with Gasteiger partial charge < -0.3 is 19.0 Å². The molecule has 4 rings (SSSR count). The number of ketones is 1. The second-order valence-corrected chi connectivity index (χ2v) is 9.18. The number of aryl methyl sites for hydroxylation is 2. The lowest BCUT2D eigenvalue weighted by Crippen LogP contribution is -2.31. The molecular formula is C25H27N3O6S. The number of unbranched alkanes of at least 4 members (excludes halogenated alkanes) is 1. The number of carbonyl (C=O) groups is 2. The zero-order valence-corrected chi connectivity index (χ0v) is 20.8. The minimum absolute atomic E-state index is 0.0293. The summed E-state index contributed by atoms with van der Waals surface area (Å²) in [7, 11) is 0. The van der Waals surface area contributed by atoms with Crippen molar-refractivity contribution in [1.29, 1.82) is 0 Å². The molecule has 3 heterocycles. The van der Waals surface area contributed by atoms with Crippen LogP contribution in [0.25, 0.3) is 0 Å². The summed E-state index contributed by atoms with van der Waals surface area (Å²) < 4.78 is 17.2. The average molecular weight is 498 g/mol. The molecule has 1 atom stereocenters. The van der Waals surface area contributed by atoms with Crippen LogP contribution in [0.2, 0.25) is 0 Å². The number of carbonyl (C=O) groups excluding carboxylic acids is 2. The van der Waals surface area contributed by atoms with Crippen LogP contribution in [-0.2, 0) is 4.79 Å². The Morgan fingerprint density at radius 1 is 1.14 bits per heavy atom. The average Bonchev–Trinajstić information content (AvgIpc) is 3.53. The van der Waals surface area contributed by atoms with Gasteiger partial charge in [-0.1, -0.05) is 30.7 Å². The smallest absolute Gasteiger partial charge is 0.296 e. The summed E-state index contributed by atoms with van der Waals surface area (Å²) in [6, 6.07) is 7.44. The molecule has 1 amide bonds. The number of aliphatic hydroxyl groups is 1. The van der Waals surface area contributed by atoms with Gasteiger partial charge in [0.25, 0.3) is 5.91 Å². The Bertz CT molecular complexity index is 1280. The molecule has 0 saturated heterocycles. The van der Waals surface area contributed by atoms with Gasteiger partial charge in [-0.3, -0.25) is 14.5 Å². The molecule has 0 bridgehead atoms. The van der Waals surface area contributed by atoms with Crippen LogP contribution < -0.4 is 14.4 Å². The predicted molar refractivity (Wildman–Crippen MR) is 130 cm³/mol. The second-order valence-electron chi connectivity index (χ2n) is 8.02. The van der Waals surface area contributed by atoms with Crippen LogP contribution in [-0.4, -0.2) is 40.2 Å². The van der Waals surface area contributed by atoms with Crippen LogP contribution in [0, 0.1) is 13.8 Å². The van der Waals surface area contributed by atoms with Gasteiger partial charge in [0.15, 0.2) is 23.0 Å². The molecule has 1 aromatic carbocycles. The van der Waals surface area contributed by atoms with Crippen molar-refractivity contribution >= 4 is 28.2 Å². The summed E-state index contributed by atoms with van der Waals surface area (Å²) in [5.74, 6) is -0.357. The first-order chi connectivity index (χ1) is 16.8. The number of nitrogens with zero attached hydrogens (tertiary/aromatic N) is 3. The van der Waals surface area contributed by atoms with Crippen molar-refractivity contribution in [1.82, 2.24) is 10.2 Å². The van der Waals surface area contributed by atoms with Crippen LogP contribution in [0.4, 0.5) is 5.13 Å². The molecule has 0 saturated carbocycles. The van der Waals surface area contributed by atoms with E-state index in [1.54, 1.807) is 38.1 Å². The Balaban J connectivity index is 1.82. The van der Waals surface area contributed by atoms with Crippen molar-refractivity contribution in [3.63, 3.8) is 0 Å². The van der Waals surface area contributed by atoms with Gasteiger partial charge >= 0.3 is 0 Å². The van der Waals surface area contributed by atoms with Gasteiger partial charge in [-0.15, -0.1) is 10.2 Å². The third kappa shape index (κ3) is 4.79. The van der Waals surface area contributed by atoms with Crippen LogP contribution in [0.5, 0.6) is 11.5 Å². The Hall–Kier alpha value is -3.66. The maximum absolute atomic E-state index is 13.5. The fourth-order valence-corrected chi connectivity index (χ4v) is 4.55. The molecule has 0 aliphatic carbocycles. The zero-order valence-electron chi connectivity index (χ0n) is 20.0. The number of benzene rings is 1. The molecule has 0 radical (unpaired) electrons.